The second-order valence-corrected chi connectivity index (χ2v) is 14.5. The van der Waals surface area contributed by atoms with Crippen molar-refractivity contribution in [3.63, 3.8) is 0 Å². The Labute approximate surface area is 325 Å². The van der Waals surface area contributed by atoms with Gasteiger partial charge in [0.05, 0.1) is 27.8 Å². The van der Waals surface area contributed by atoms with Crippen molar-refractivity contribution in [2.24, 2.45) is 0 Å². The van der Waals surface area contributed by atoms with Crippen LogP contribution in [0.5, 0.6) is 0 Å². The molecule has 0 saturated heterocycles. The van der Waals surface area contributed by atoms with E-state index in [4.69, 9.17) is 0 Å². The van der Waals surface area contributed by atoms with E-state index in [0.717, 1.165) is 5.69 Å². The van der Waals surface area contributed by atoms with Crippen molar-refractivity contribution in [2.45, 2.75) is 0 Å². The van der Waals surface area contributed by atoms with Crippen molar-refractivity contribution in [3.05, 3.63) is 218 Å². The number of rotatable bonds is 6. The van der Waals surface area contributed by atoms with Crippen LogP contribution in [0.4, 0.5) is 0 Å². The molecule has 0 unspecified atom stereocenters. The third kappa shape index (κ3) is 5.11. The number of para-hydroxylation sites is 3. The maximum atomic E-state index is 2.46. The van der Waals surface area contributed by atoms with E-state index in [1.54, 1.807) is 0 Å². The van der Waals surface area contributed by atoms with Crippen LogP contribution in [0.25, 0.3) is 99.5 Å². The first-order valence-corrected chi connectivity index (χ1v) is 19.3. The van der Waals surface area contributed by atoms with E-state index >= 15 is 0 Å². The lowest BCUT2D eigenvalue weighted by atomic mass is 9.95. The molecule has 0 amide bonds. The first-order valence-electron chi connectivity index (χ1n) is 19.3. The molecule has 0 saturated carbocycles. The third-order valence-corrected chi connectivity index (χ3v) is 11.3. The van der Waals surface area contributed by atoms with Gasteiger partial charge in [0.25, 0.3) is 0 Å². The molecule has 0 aliphatic heterocycles. The number of benzene rings is 9. The van der Waals surface area contributed by atoms with Crippen LogP contribution in [0.1, 0.15) is 0 Å². The lowest BCUT2D eigenvalue weighted by Gasteiger charge is -2.15. The molecule has 11 aromatic rings. The Morgan fingerprint density at radius 1 is 0.250 bits per heavy atom. The minimum Gasteiger partial charge on any atom is -0.309 e. The number of nitrogens with zero attached hydrogens (tertiary/aromatic N) is 2. The Morgan fingerprint density at radius 2 is 0.661 bits per heavy atom. The average molecular weight is 713 g/mol. The number of hydrogen-bond acceptors (Lipinski definition) is 0. The van der Waals surface area contributed by atoms with E-state index in [0.29, 0.717) is 0 Å². The van der Waals surface area contributed by atoms with Crippen molar-refractivity contribution < 1.29 is 0 Å². The van der Waals surface area contributed by atoms with Crippen LogP contribution in [0.2, 0.25) is 0 Å². The zero-order chi connectivity index (χ0) is 37.0. The highest BCUT2D eigenvalue weighted by atomic mass is 15.0. The molecule has 11 rings (SSSR count). The van der Waals surface area contributed by atoms with Crippen LogP contribution in [0.15, 0.2) is 218 Å². The van der Waals surface area contributed by atoms with E-state index in [1.165, 1.54) is 93.8 Å². The summed E-state index contributed by atoms with van der Waals surface area (Å²) in [5.74, 6) is 0. The number of fused-ring (bicyclic) bond motifs is 6. The molecule has 0 radical (unpaired) electrons. The van der Waals surface area contributed by atoms with Crippen LogP contribution in [0, 0.1) is 0 Å². The highest BCUT2D eigenvalue weighted by molar-refractivity contribution is 6.22. The van der Waals surface area contributed by atoms with Crippen molar-refractivity contribution in [1.82, 2.24) is 9.13 Å². The predicted octanol–water partition coefficient (Wildman–Crippen LogP) is 14.5. The highest BCUT2D eigenvalue weighted by Crippen LogP contribution is 2.45. The van der Waals surface area contributed by atoms with Crippen molar-refractivity contribution in [2.75, 3.05) is 0 Å². The minimum absolute atomic E-state index is 1.14. The summed E-state index contributed by atoms with van der Waals surface area (Å²) < 4.78 is 4.92. The molecule has 2 nitrogen and oxygen atoms in total. The normalized spacial score (nSPS) is 11.6. The van der Waals surface area contributed by atoms with Crippen LogP contribution in [-0.4, -0.2) is 9.13 Å². The maximum absolute atomic E-state index is 2.46. The summed E-state index contributed by atoms with van der Waals surface area (Å²) in [7, 11) is 0. The first kappa shape index (κ1) is 32.0. The topological polar surface area (TPSA) is 9.86 Å². The fraction of sp³-hybridized carbons (Fsp3) is 0. The summed E-state index contributed by atoms with van der Waals surface area (Å²) in [5, 5.41) is 4.99. The van der Waals surface area contributed by atoms with Gasteiger partial charge in [-0.25, -0.2) is 0 Å². The summed E-state index contributed by atoms with van der Waals surface area (Å²) in [6.45, 7) is 0. The predicted molar refractivity (Wildman–Crippen MR) is 237 cm³/mol. The molecule has 262 valence electrons. The second kappa shape index (κ2) is 13.2. The van der Waals surface area contributed by atoms with E-state index in [1.807, 2.05) is 0 Å². The Hall–Kier alpha value is -7.42. The first-order chi connectivity index (χ1) is 27.8. The van der Waals surface area contributed by atoms with Gasteiger partial charge in [0.1, 0.15) is 0 Å². The minimum atomic E-state index is 1.14. The van der Waals surface area contributed by atoms with Crippen LogP contribution in [-0.2, 0) is 0 Å². The molecule has 0 aliphatic rings. The molecule has 0 spiro atoms. The van der Waals surface area contributed by atoms with Gasteiger partial charge in [-0.2, -0.15) is 0 Å². The highest BCUT2D eigenvalue weighted by Gasteiger charge is 2.22. The Balaban J connectivity index is 1.19. The molecule has 0 atom stereocenters. The van der Waals surface area contributed by atoms with Crippen molar-refractivity contribution in [1.29, 1.82) is 0 Å². The summed E-state index contributed by atoms with van der Waals surface area (Å²) in [6, 6.07) is 79.4. The molecule has 56 heavy (non-hydrogen) atoms. The molecular weight excluding hydrogens is 677 g/mol. The summed E-state index contributed by atoms with van der Waals surface area (Å²) in [4.78, 5) is 0. The Kier molecular flexibility index (Phi) is 7.53. The summed E-state index contributed by atoms with van der Waals surface area (Å²) in [6.07, 6.45) is 0. The summed E-state index contributed by atoms with van der Waals surface area (Å²) in [5.41, 5.74) is 16.7. The smallest absolute Gasteiger partial charge is 0.0547 e. The number of hydrogen-bond donors (Lipinski definition) is 0. The van der Waals surface area contributed by atoms with Gasteiger partial charge in [-0.05, 0) is 87.5 Å². The van der Waals surface area contributed by atoms with Gasteiger partial charge in [-0.1, -0.05) is 170 Å². The van der Waals surface area contributed by atoms with Gasteiger partial charge >= 0.3 is 0 Å². The monoisotopic (exact) mass is 712 g/mol. The van der Waals surface area contributed by atoms with Crippen molar-refractivity contribution >= 4 is 43.6 Å². The largest absolute Gasteiger partial charge is 0.309 e. The van der Waals surface area contributed by atoms with E-state index in [9.17, 15) is 0 Å². The van der Waals surface area contributed by atoms with E-state index in [2.05, 4.69) is 228 Å². The SMILES string of the molecule is c1ccc(-c2cc(-c3ccccc3)cc(-n3c4ccccc4c4c(-c5cccc6c5c5ccccc5n6-c5ccccc5-c5ccccc5)cccc43)c2)cc1. The fourth-order valence-corrected chi connectivity index (χ4v) is 8.89. The van der Waals surface area contributed by atoms with Crippen LogP contribution in [0.3, 0.4) is 0 Å². The van der Waals surface area contributed by atoms with E-state index in [-0.39, 0.29) is 0 Å². The molecule has 0 N–H and O–H groups in total. The third-order valence-electron chi connectivity index (χ3n) is 11.3. The van der Waals surface area contributed by atoms with Crippen molar-refractivity contribution in [3.8, 4) is 55.9 Å². The van der Waals surface area contributed by atoms with Gasteiger partial charge in [0, 0.05) is 32.8 Å². The Bertz CT molecular complexity index is 3170. The average Bonchev–Trinajstić information content (AvgIpc) is 3.80. The molecule has 0 fully saturated rings. The molecular formula is C54H36N2. The standard InChI is InChI=1S/C54H36N2/c1-4-18-37(19-5-1)40-34-41(38-20-6-2-7-21-38)36-42(35-40)55-49-30-14-11-25-46(49)53-44(27-16-32-51(53)55)45-28-17-33-52-54(45)47-26-12-15-31-50(47)56(52)48-29-13-10-24-43(48)39-22-8-3-9-23-39/h1-36H. The summed E-state index contributed by atoms with van der Waals surface area (Å²) >= 11 is 0. The van der Waals surface area contributed by atoms with E-state index < -0.39 is 0 Å². The lowest BCUT2D eigenvalue weighted by Crippen LogP contribution is -1.97. The van der Waals surface area contributed by atoms with Gasteiger partial charge in [0.2, 0.25) is 0 Å². The molecule has 2 aromatic heterocycles. The van der Waals surface area contributed by atoms with Gasteiger partial charge in [0.15, 0.2) is 0 Å². The lowest BCUT2D eigenvalue weighted by molar-refractivity contribution is 1.18. The van der Waals surface area contributed by atoms with Crippen LogP contribution >= 0.6 is 0 Å². The molecule has 0 bridgehead atoms. The Morgan fingerprint density at radius 3 is 1.23 bits per heavy atom. The molecule has 2 heterocycles. The van der Waals surface area contributed by atoms with Gasteiger partial charge in [-0.3, -0.25) is 0 Å². The van der Waals surface area contributed by atoms with Crippen LogP contribution < -0.4 is 0 Å². The quantitative estimate of drug-likeness (QED) is 0.162. The maximum Gasteiger partial charge on any atom is 0.0547 e. The zero-order valence-corrected chi connectivity index (χ0v) is 30.7. The van der Waals surface area contributed by atoms with Gasteiger partial charge < -0.3 is 9.13 Å². The van der Waals surface area contributed by atoms with Gasteiger partial charge in [-0.15, -0.1) is 0 Å². The molecule has 2 heteroatoms. The fourth-order valence-electron chi connectivity index (χ4n) is 8.89. The molecule has 9 aromatic carbocycles. The zero-order valence-electron chi connectivity index (χ0n) is 30.7. The second-order valence-electron chi connectivity index (χ2n) is 14.5. The number of aromatic nitrogens is 2. The molecule has 0 aliphatic carbocycles.